The molecule has 2 aromatic carbocycles. The van der Waals surface area contributed by atoms with E-state index in [1.54, 1.807) is 7.11 Å². The molecule has 0 aliphatic carbocycles. The second kappa shape index (κ2) is 8.37. The minimum atomic E-state index is 0.177. The summed E-state index contributed by atoms with van der Waals surface area (Å²) in [6.07, 6.45) is 1.33. The molecule has 0 saturated heterocycles. The molecule has 0 N–H and O–H groups in total. The number of benzene rings is 2. The lowest BCUT2D eigenvalue weighted by molar-refractivity contribution is -0.130. The molecule has 3 heteroatoms. The van der Waals surface area contributed by atoms with E-state index < -0.39 is 0 Å². The average Bonchev–Trinajstić information content (AvgIpc) is 2.60. The van der Waals surface area contributed by atoms with Gasteiger partial charge in [0.1, 0.15) is 5.75 Å². The summed E-state index contributed by atoms with van der Waals surface area (Å²) in [6, 6.07) is 18.1. The molecule has 0 aromatic heterocycles. The van der Waals surface area contributed by atoms with Crippen molar-refractivity contribution in [1.29, 1.82) is 0 Å². The van der Waals surface area contributed by atoms with Crippen LogP contribution >= 0.6 is 0 Å². The van der Waals surface area contributed by atoms with Crippen LogP contribution in [-0.4, -0.2) is 31.5 Å². The van der Waals surface area contributed by atoms with Crippen molar-refractivity contribution in [3.8, 4) is 5.75 Å². The lowest BCUT2D eigenvalue weighted by Crippen LogP contribution is -2.29. The standard InChI is InChI=1S/C20H25NO2/c1-16(17-9-5-4-6-10-17)15-20(22)21(2)14-13-18-11-7-8-12-19(18)23-3/h4-12,16H,13-15H2,1-3H3. The van der Waals surface area contributed by atoms with Crippen molar-refractivity contribution in [2.45, 2.75) is 25.7 Å². The fourth-order valence-corrected chi connectivity index (χ4v) is 2.64. The molecule has 0 aliphatic heterocycles. The molecule has 1 amide bonds. The molecular formula is C20H25NO2. The second-order valence-corrected chi connectivity index (χ2v) is 5.89. The first-order valence-electron chi connectivity index (χ1n) is 8.02. The molecule has 0 radical (unpaired) electrons. The zero-order valence-corrected chi connectivity index (χ0v) is 14.2. The van der Waals surface area contributed by atoms with E-state index >= 15 is 0 Å². The summed E-state index contributed by atoms with van der Waals surface area (Å²) in [6.45, 7) is 2.79. The van der Waals surface area contributed by atoms with Crippen LogP contribution in [0.5, 0.6) is 5.75 Å². The highest BCUT2D eigenvalue weighted by Gasteiger charge is 2.15. The van der Waals surface area contributed by atoms with Crippen LogP contribution in [0.4, 0.5) is 0 Å². The predicted molar refractivity (Wildman–Crippen MR) is 93.8 cm³/mol. The van der Waals surface area contributed by atoms with Crippen molar-refractivity contribution in [3.05, 3.63) is 65.7 Å². The summed E-state index contributed by atoms with van der Waals surface area (Å²) >= 11 is 0. The van der Waals surface area contributed by atoms with E-state index in [4.69, 9.17) is 4.74 Å². The Bertz CT molecular complexity index is 625. The van der Waals surface area contributed by atoms with Crippen LogP contribution in [0.25, 0.3) is 0 Å². The van der Waals surface area contributed by atoms with E-state index in [-0.39, 0.29) is 11.8 Å². The molecule has 1 atom stereocenters. The summed E-state index contributed by atoms with van der Waals surface area (Å²) in [5.74, 6) is 1.29. The first kappa shape index (κ1) is 17.1. The molecule has 0 saturated carbocycles. The van der Waals surface area contributed by atoms with E-state index in [2.05, 4.69) is 19.1 Å². The maximum absolute atomic E-state index is 12.4. The Labute approximate surface area is 138 Å². The Hall–Kier alpha value is -2.29. The average molecular weight is 311 g/mol. The van der Waals surface area contributed by atoms with Gasteiger partial charge in [-0.05, 0) is 29.5 Å². The third-order valence-electron chi connectivity index (χ3n) is 4.18. The zero-order valence-electron chi connectivity index (χ0n) is 14.2. The molecule has 0 spiro atoms. The topological polar surface area (TPSA) is 29.5 Å². The van der Waals surface area contributed by atoms with Crippen molar-refractivity contribution in [2.24, 2.45) is 0 Å². The highest BCUT2D eigenvalue weighted by atomic mass is 16.5. The quantitative estimate of drug-likeness (QED) is 0.776. The molecule has 0 heterocycles. The molecule has 23 heavy (non-hydrogen) atoms. The van der Waals surface area contributed by atoms with Crippen molar-refractivity contribution in [2.75, 3.05) is 20.7 Å². The third-order valence-corrected chi connectivity index (χ3v) is 4.18. The maximum atomic E-state index is 12.4. The van der Waals surface area contributed by atoms with Gasteiger partial charge in [0.05, 0.1) is 7.11 Å². The fraction of sp³-hybridized carbons (Fsp3) is 0.350. The Morgan fingerprint density at radius 3 is 2.43 bits per heavy atom. The van der Waals surface area contributed by atoms with Crippen molar-refractivity contribution >= 4 is 5.91 Å². The van der Waals surface area contributed by atoms with E-state index in [0.29, 0.717) is 13.0 Å². The number of rotatable bonds is 7. The molecule has 122 valence electrons. The number of carbonyl (C=O) groups is 1. The minimum absolute atomic E-state index is 0.177. The lowest BCUT2D eigenvalue weighted by atomic mass is 9.97. The number of carbonyl (C=O) groups excluding carboxylic acids is 1. The van der Waals surface area contributed by atoms with Gasteiger partial charge in [-0.1, -0.05) is 55.5 Å². The van der Waals surface area contributed by atoms with Crippen molar-refractivity contribution in [3.63, 3.8) is 0 Å². The number of nitrogens with zero attached hydrogens (tertiary/aromatic N) is 1. The molecule has 1 unspecified atom stereocenters. The molecule has 0 aliphatic rings. The Morgan fingerprint density at radius 1 is 1.09 bits per heavy atom. The zero-order chi connectivity index (χ0) is 16.7. The highest BCUT2D eigenvalue weighted by molar-refractivity contribution is 5.76. The van der Waals surface area contributed by atoms with Crippen LogP contribution in [0.15, 0.2) is 54.6 Å². The number of hydrogen-bond acceptors (Lipinski definition) is 2. The number of ether oxygens (including phenoxy) is 1. The van der Waals surface area contributed by atoms with Crippen LogP contribution in [0, 0.1) is 0 Å². The number of hydrogen-bond donors (Lipinski definition) is 0. The van der Waals surface area contributed by atoms with Crippen LogP contribution in [-0.2, 0) is 11.2 Å². The van der Waals surface area contributed by atoms with Gasteiger partial charge < -0.3 is 9.64 Å². The molecule has 2 rings (SSSR count). The van der Waals surface area contributed by atoms with E-state index in [1.807, 2.05) is 54.4 Å². The van der Waals surface area contributed by atoms with Gasteiger partial charge in [0.15, 0.2) is 0 Å². The number of para-hydroxylation sites is 1. The van der Waals surface area contributed by atoms with Crippen LogP contribution in [0.1, 0.15) is 30.4 Å². The molecule has 0 fully saturated rings. The van der Waals surface area contributed by atoms with Gasteiger partial charge in [0.25, 0.3) is 0 Å². The first-order chi connectivity index (χ1) is 11.1. The molecular weight excluding hydrogens is 286 g/mol. The van der Waals surface area contributed by atoms with Gasteiger partial charge in [-0.25, -0.2) is 0 Å². The number of methoxy groups -OCH3 is 1. The Balaban J connectivity index is 1.88. The third kappa shape index (κ3) is 4.85. The van der Waals surface area contributed by atoms with Gasteiger partial charge >= 0.3 is 0 Å². The molecule has 3 nitrogen and oxygen atoms in total. The smallest absolute Gasteiger partial charge is 0.222 e. The number of amides is 1. The van der Waals surface area contributed by atoms with Crippen LogP contribution in [0.2, 0.25) is 0 Å². The van der Waals surface area contributed by atoms with Crippen LogP contribution < -0.4 is 4.74 Å². The minimum Gasteiger partial charge on any atom is -0.496 e. The van der Waals surface area contributed by atoms with E-state index in [1.165, 1.54) is 5.56 Å². The van der Waals surface area contributed by atoms with Gasteiger partial charge in [0.2, 0.25) is 5.91 Å². The van der Waals surface area contributed by atoms with E-state index in [0.717, 1.165) is 17.7 Å². The first-order valence-corrected chi connectivity index (χ1v) is 8.02. The Kier molecular flexibility index (Phi) is 6.21. The van der Waals surface area contributed by atoms with Crippen molar-refractivity contribution < 1.29 is 9.53 Å². The summed E-state index contributed by atoms with van der Waals surface area (Å²) in [4.78, 5) is 14.2. The number of likely N-dealkylation sites (N-methyl/N-ethyl adjacent to an activating group) is 1. The second-order valence-electron chi connectivity index (χ2n) is 5.89. The van der Waals surface area contributed by atoms with Gasteiger partial charge in [-0.2, -0.15) is 0 Å². The molecule has 2 aromatic rings. The Morgan fingerprint density at radius 2 is 1.74 bits per heavy atom. The van der Waals surface area contributed by atoms with Crippen LogP contribution in [0.3, 0.4) is 0 Å². The fourth-order valence-electron chi connectivity index (χ4n) is 2.64. The summed E-state index contributed by atoms with van der Waals surface area (Å²) in [5.41, 5.74) is 2.34. The summed E-state index contributed by atoms with van der Waals surface area (Å²) in [7, 11) is 3.55. The van der Waals surface area contributed by atoms with E-state index in [9.17, 15) is 4.79 Å². The monoisotopic (exact) mass is 311 g/mol. The largest absolute Gasteiger partial charge is 0.496 e. The van der Waals surface area contributed by atoms with Gasteiger partial charge in [0, 0.05) is 20.0 Å². The maximum Gasteiger partial charge on any atom is 0.222 e. The predicted octanol–water partition coefficient (Wildman–Crippen LogP) is 3.89. The van der Waals surface area contributed by atoms with Gasteiger partial charge in [-0.15, -0.1) is 0 Å². The lowest BCUT2D eigenvalue weighted by Gasteiger charge is -2.20. The summed E-state index contributed by atoms with van der Waals surface area (Å²) < 4.78 is 5.36. The SMILES string of the molecule is COc1ccccc1CCN(C)C(=O)CC(C)c1ccccc1. The molecule has 0 bridgehead atoms. The normalized spacial score (nSPS) is 11.8. The summed E-state index contributed by atoms with van der Waals surface area (Å²) in [5, 5.41) is 0. The highest BCUT2D eigenvalue weighted by Crippen LogP contribution is 2.20. The van der Waals surface area contributed by atoms with Gasteiger partial charge in [-0.3, -0.25) is 4.79 Å². The van der Waals surface area contributed by atoms with Crippen molar-refractivity contribution in [1.82, 2.24) is 4.90 Å².